The summed E-state index contributed by atoms with van der Waals surface area (Å²) in [5.74, 6) is 2.57. The maximum absolute atomic E-state index is 13.8. The third-order valence-corrected chi connectivity index (χ3v) is 10.2. The van der Waals surface area contributed by atoms with Crippen LogP contribution in [0, 0.1) is 0 Å². The van der Waals surface area contributed by atoms with E-state index in [4.69, 9.17) is 28.0 Å². The number of phosphoric acid groups is 1. The van der Waals surface area contributed by atoms with Gasteiger partial charge in [-0.2, -0.15) is 0 Å². The van der Waals surface area contributed by atoms with E-state index in [1.165, 1.54) is 23.5 Å². The van der Waals surface area contributed by atoms with E-state index in [9.17, 15) is 9.46 Å². The molecule has 4 aromatic carbocycles. The normalized spacial score (nSPS) is 13.1. The minimum absolute atomic E-state index is 0. The second kappa shape index (κ2) is 13.6. The van der Waals surface area contributed by atoms with Gasteiger partial charge in [0.1, 0.15) is 34.5 Å². The van der Waals surface area contributed by atoms with Gasteiger partial charge in [0.15, 0.2) is 0 Å². The first-order chi connectivity index (χ1) is 20.9. The van der Waals surface area contributed by atoms with Gasteiger partial charge in [0.05, 0.1) is 48.0 Å². The van der Waals surface area contributed by atoms with E-state index in [0.29, 0.717) is 43.9 Å². The molecule has 0 fully saturated rings. The molecule has 0 saturated heterocycles. The molecule has 44 heavy (non-hydrogen) atoms. The van der Waals surface area contributed by atoms with Crippen molar-refractivity contribution < 1.29 is 67.0 Å². The van der Waals surface area contributed by atoms with Crippen molar-refractivity contribution in [2.75, 3.05) is 28.4 Å². The molecule has 0 bridgehead atoms. The van der Waals surface area contributed by atoms with Gasteiger partial charge in [0.25, 0.3) is 0 Å². The van der Waals surface area contributed by atoms with Gasteiger partial charge in [0, 0.05) is 11.1 Å². The van der Waals surface area contributed by atoms with Crippen LogP contribution in [0.4, 0.5) is 0 Å². The molecule has 2 aliphatic heterocycles. The largest absolute Gasteiger partial charge is 1.00 e. The van der Waals surface area contributed by atoms with Gasteiger partial charge in [-0.15, -0.1) is 0 Å². The molecule has 2 heterocycles. The molecule has 0 aromatic heterocycles. The topological polar surface area (TPSA) is 95.5 Å². The number of hydrogen-bond donors (Lipinski definition) is 0. The molecule has 0 saturated carbocycles. The molecule has 2 aliphatic rings. The van der Waals surface area contributed by atoms with Crippen molar-refractivity contribution >= 4 is 55.0 Å². The monoisotopic (exact) mass is 656 g/mol. The van der Waals surface area contributed by atoms with Crippen molar-refractivity contribution in [2.45, 2.75) is 19.6 Å². The summed E-state index contributed by atoms with van der Waals surface area (Å²) in [7, 11) is 1.26. The van der Waals surface area contributed by atoms with E-state index in [0.717, 1.165) is 20.9 Å². The summed E-state index contributed by atoms with van der Waals surface area (Å²) >= 11 is 2.82. The Labute approximate surface area is 286 Å². The molecule has 12 heteroatoms. The van der Waals surface area contributed by atoms with Crippen molar-refractivity contribution in [3.05, 3.63) is 95.1 Å². The summed E-state index contributed by atoms with van der Waals surface area (Å²) in [5.41, 5.74) is 2.51. The minimum Gasteiger partial charge on any atom is -0.736 e. The molecule has 220 valence electrons. The predicted octanol–water partition coefficient (Wildman–Crippen LogP) is 4.85. The van der Waals surface area contributed by atoms with E-state index < -0.39 is 7.82 Å². The van der Waals surface area contributed by atoms with E-state index in [1.807, 2.05) is 36.4 Å². The second-order valence-corrected chi connectivity index (χ2v) is 12.6. The average molecular weight is 657 g/mol. The molecule has 0 aliphatic carbocycles. The van der Waals surface area contributed by atoms with Gasteiger partial charge in [-0.1, -0.05) is 59.9 Å². The van der Waals surface area contributed by atoms with Gasteiger partial charge < -0.3 is 32.9 Å². The molecule has 0 radical (unpaired) electrons. The molecular weight excluding hydrogens is 630 g/mol. The zero-order valence-corrected chi connectivity index (χ0v) is 29.1. The van der Waals surface area contributed by atoms with Crippen molar-refractivity contribution in [1.82, 2.24) is 0 Å². The maximum Gasteiger partial charge on any atom is 1.00 e. The smallest absolute Gasteiger partial charge is 0.736 e. The SMILES string of the molecule is COc1cccc2c1Sc1c(OC)cccc1C(OP(=O)([O-])OC1=Cc3cccc(OC)c3Sc3c(OC)cccc31)=C2.[Na+]. The number of rotatable bonds is 8. The number of hydrogen-bond acceptors (Lipinski definition) is 10. The Morgan fingerprint density at radius 1 is 0.545 bits per heavy atom. The average Bonchev–Trinajstić information content (AvgIpc) is 3.27. The summed E-state index contributed by atoms with van der Waals surface area (Å²) in [6.45, 7) is 0. The van der Waals surface area contributed by atoms with Crippen LogP contribution in [0.1, 0.15) is 22.3 Å². The molecule has 0 atom stereocenters. The first-order valence-electron chi connectivity index (χ1n) is 13.0. The number of phosphoric ester groups is 1. The van der Waals surface area contributed by atoms with Crippen LogP contribution in [0.2, 0.25) is 0 Å². The standard InChI is InChI=1S/C32H27O8PS2.Na/c1-35-23-13-5-9-19-17-27(21-11-7-15-25(37-3)31(21)42-29(19)23)39-41(33,34)40-28-18-20-10-6-14-24(36-2)30(20)43-32-22(28)12-8-16-26(32)38-4;/h5-18H,1-4H3,(H,33,34);/q;+1/p-1. The number of methoxy groups -OCH3 is 4. The summed E-state index contributed by atoms with van der Waals surface area (Å²) in [6, 6.07) is 21.8. The van der Waals surface area contributed by atoms with Crippen LogP contribution in [0.3, 0.4) is 0 Å². The summed E-state index contributed by atoms with van der Waals surface area (Å²) in [6.07, 6.45) is 3.33. The fourth-order valence-corrected chi connectivity index (χ4v) is 8.12. The molecule has 0 amide bonds. The summed E-state index contributed by atoms with van der Waals surface area (Å²) in [4.78, 5) is 16.7. The van der Waals surface area contributed by atoms with E-state index in [1.54, 1.807) is 77.0 Å². The third-order valence-electron chi connectivity index (χ3n) is 6.79. The summed E-state index contributed by atoms with van der Waals surface area (Å²) in [5, 5.41) is 0. The quantitative estimate of drug-likeness (QED) is 0.194. The van der Waals surface area contributed by atoms with Crippen LogP contribution in [0.25, 0.3) is 23.7 Å². The Bertz CT molecular complexity index is 1710. The Morgan fingerprint density at radius 2 is 0.886 bits per heavy atom. The fraction of sp³-hybridized carbons (Fsp3) is 0.125. The van der Waals surface area contributed by atoms with Crippen LogP contribution in [-0.2, 0) is 13.6 Å². The maximum atomic E-state index is 13.8. The number of benzene rings is 4. The van der Waals surface area contributed by atoms with Crippen molar-refractivity contribution in [2.24, 2.45) is 0 Å². The van der Waals surface area contributed by atoms with Crippen LogP contribution < -0.4 is 53.4 Å². The number of ether oxygens (including phenoxy) is 4. The van der Waals surface area contributed by atoms with Crippen LogP contribution >= 0.6 is 31.3 Å². The number of fused-ring (bicyclic) bond motifs is 4. The molecule has 4 aromatic rings. The van der Waals surface area contributed by atoms with Gasteiger partial charge >= 0.3 is 37.4 Å². The van der Waals surface area contributed by atoms with Crippen LogP contribution in [0.5, 0.6) is 23.0 Å². The van der Waals surface area contributed by atoms with E-state index in [-0.39, 0.29) is 41.1 Å². The van der Waals surface area contributed by atoms with Gasteiger partial charge in [-0.3, -0.25) is 0 Å². The molecule has 0 unspecified atom stereocenters. The first kappa shape index (κ1) is 32.4. The Hall–Kier alpha value is -2.95. The van der Waals surface area contributed by atoms with E-state index >= 15 is 0 Å². The van der Waals surface area contributed by atoms with Crippen molar-refractivity contribution in [3.63, 3.8) is 0 Å². The van der Waals surface area contributed by atoms with Crippen molar-refractivity contribution in [1.29, 1.82) is 0 Å². The van der Waals surface area contributed by atoms with Crippen LogP contribution in [-0.4, -0.2) is 28.4 Å². The molecule has 0 N–H and O–H groups in total. The van der Waals surface area contributed by atoms with Gasteiger partial charge in [-0.05, 0) is 59.7 Å². The molecular formula is C32H26NaO8PS2. The predicted molar refractivity (Wildman–Crippen MR) is 166 cm³/mol. The molecule has 6 rings (SSSR count). The first-order valence-corrected chi connectivity index (χ1v) is 16.1. The summed E-state index contributed by atoms with van der Waals surface area (Å²) < 4.78 is 47.8. The third kappa shape index (κ3) is 6.26. The Balaban J connectivity index is 0.00000384. The van der Waals surface area contributed by atoms with Crippen molar-refractivity contribution in [3.8, 4) is 23.0 Å². The van der Waals surface area contributed by atoms with Gasteiger partial charge in [0.2, 0.25) is 0 Å². The van der Waals surface area contributed by atoms with Crippen LogP contribution in [0.15, 0.2) is 92.4 Å². The van der Waals surface area contributed by atoms with E-state index in [2.05, 4.69) is 0 Å². The zero-order chi connectivity index (χ0) is 30.1. The molecule has 0 spiro atoms. The molecule has 8 nitrogen and oxygen atoms in total. The Morgan fingerprint density at radius 3 is 1.25 bits per heavy atom. The van der Waals surface area contributed by atoms with Gasteiger partial charge in [-0.25, -0.2) is 4.57 Å². The second-order valence-electron chi connectivity index (χ2n) is 9.28. The minimum atomic E-state index is -5.04. The zero-order valence-electron chi connectivity index (χ0n) is 24.6. The Kier molecular flexibility index (Phi) is 10.0. The fourth-order valence-electron chi connectivity index (χ4n) is 4.84.